The Morgan fingerprint density at radius 1 is 0.870 bits per heavy atom. The summed E-state index contributed by atoms with van der Waals surface area (Å²) in [4.78, 5) is 117. The Bertz CT molecular complexity index is 2190. The number of carbonyl (C=O) groups is 9. The van der Waals surface area contributed by atoms with Gasteiger partial charge in [-0.15, -0.1) is 5.10 Å². The Balaban J connectivity index is 1.57. The maximum Gasteiger partial charge on any atom is 0.415 e. The van der Waals surface area contributed by atoms with Crippen LogP contribution in [0.3, 0.4) is 0 Å². The SMILES string of the molecule is CN(CCSSC[C@H](NC(=O)[C@H](COC=O)CC(=O)[C@H](CCCN=C(N)N)NC(=O)[C@H](COC=O)CC(=O)CCCCn1cc(CCCC(=O)O)nn1)OC=O)C(=O)Oc1cccc2ccccc12. The smallest absolute Gasteiger partial charge is 0.415 e. The number of aromatic nitrogens is 3. The summed E-state index contributed by atoms with van der Waals surface area (Å²) >= 11 is 0. The van der Waals surface area contributed by atoms with Crippen LogP contribution in [-0.2, 0) is 65.5 Å². The van der Waals surface area contributed by atoms with E-state index in [1.807, 2.05) is 30.3 Å². The van der Waals surface area contributed by atoms with Gasteiger partial charge in [-0.05, 0) is 50.0 Å². The first-order valence-electron chi connectivity index (χ1n) is 21.9. The Morgan fingerprint density at radius 3 is 2.29 bits per heavy atom. The molecule has 4 atom stereocenters. The number of hydrogen-bond donors (Lipinski definition) is 5. The highest BCUT2D eigenvalue weighted by Gasteiger charge is 2.32. The Kier molecular flexibility index (Phi) is 26.3. The van der Waals surface area contributed by atoms with Crippen molar-refractivity contribution < 1.29 is 67.2 Å². The molecule has 25 heteroatoms. The van der Waals surface area contributed by atoms with Crippen molar-refractivity contribution >= 4 is 93.2 Å². The van der Waals surface area contributed by atoms with Crippen molar-refractivity contribution in [1.82, 2.24) is 30.5 Å². The van der Waals surface area contributed by atoms with E-state index in [-0.39, 0.29) is 75.6 Å². The number of unbranched alkanes of at least 4 members (excludes halogenated alkanes) is 1. The molecule has 376 valence electrons. The topological polar surface area (TPSA) is 333 Å². The standard InChI is InChI=1S/C44H59N9O14S2/c1-52(44(63)67-38-15-6-10-30-9-2-3-13-35(30)38)19-20-68-69-26-39(66-29-56)49-42(62)32(25-65-28-55)22-37(58)36(14-8-17-47-43(45)46)48-41(61)31(24-64-27-54)21-34(57)12-4-5-18-53-23-33(50-51-53)11-7-16-40(59)60/h2-3,6,9-10,13,15,23,27-29,31-32,36,39H,4-5,7-8,11-12,14,16-22,24-26H2,1H3,(H,48,61)(H,49,62)(H,59,60)(H4,45,46,47)/t31-,32-,36-,39+/m0/s1. The van der Waals surface area contributed by atoms with Crippen molar-refractivity contribution in [2.24, 2.45) is 28.3 Å². The van der Waals surface area contributed by atoms with E-state index in [1.165, 1.54) is 26.5 Å². The van der Waals surface area contributed by atoms with Gasteiger partial charge in [0, 0.05) is 69.7 Å². The molecule has 0 saturated carbocycles. The molecule has 0 saturated heterocycles. The quantitative estimate of drug-likeness (QED) is 0.0105. The number of nitrogens with zero attached hydrogens (tertiary/aromatic N) is 5. The van der Waals surface area contributed by atoms with Crippen LogP contribution in [0.4, 0.5) is 4.79 Å². The summed E-state index contributed by atoms with van der Waals surface area (Å²) in [5.74, 6) is -5.28. The maximum absolute atomic E-state index is 13.9. The molecule has 3 rings (SSSR count). The number of benzene rings is 2. The average Bonchev–Trinajstić information content (AvgIpc) is 3.78. The third-order valence-corrected chi connectivity index (χ3v) is 12.5. The number of aliphatic carboxylic acids is 1. The second-order valence-electron chi connectivity index (χ2n) is 15.5. The number of Topliss-reactive ketones (excluding diaryl/α,β-unsaturated/α-hetero) is 2. The number of rotatable bonds is 37. The number of ketones is 2. The zero-order valence-electron chi connectivity index (χ0n) is 38.1. The van der Waals surface area contributed by atoms with Crippen LogP contribution in [0, 0.1) is 11.8 Å². The highest BCUT2D eigenvalue weighted by atomic mass is 33.1. The fraction of sp³-hybridized carbons (Fsp3) is 0.500. The Hall–Kier alpha value is -6.76. The van der Waals surface area contributed by atoms with Crippen LogP contribution >= 0.6 is 21.6 Å². The predicted octanol–water partition coefficient (Wildman–Crippen LogP) is 2.17. The number of guanidine groups is 1. The number of ether oxygens (including phenoxy) is 4. The molecule has 0 unspecified atom stereocenters. The number of amides is 3. The van der Waals surface area contributed by atoms with E-state index in [2.05, 4.69) is 25.9 Å². The maximum atomic E-state index is 13.9. The van der Waals surface area contributed by atoms with E-state index in [0.717, 1.165) is 10.8 Å². The fourth-order valence-electron chi connectivity index (χ4n) is 6.56. The number of aryl methyl sites for hydroxylation is 2. The molecule has 0 spiro atoms. The number of nitrogens with one attached hydrogen (secondary N) is 2. The van der Waals surface area contributed by atoms with Crippen molar-refractivity contribution in [3.63, 3.8) is 0 Å². The monoisotopic (exact) mass is 1000 g/mol. The van der Waals surface area contributed by atoms with Gasteiger partial charge in [0.2, 0.25) is 11.8 Å². The molecule has 1 heterocycles. The van der Waals surface area contributed by atoms with Crippen molar-refractivity contribution in [2.45, 2.75) is 83.0 Å². The van der Waals surface area contributed by atoms with Crippen LogP contribution in [-0.4, -0.2) is 143 Å². The minimum atomic E-state index is -1.31. The van der Waals surface area contributed by atoms with Gasteiger partial charge in [-0.3, -0.25) is 48.0 Å². The van der Waals surface area contributed by atoms with Gasteiger partial charge in [-0.1, -0.05) is 63.2 Å². The number of carboxylic acids is 1. The zero-order valence-corrected chi connectivity index (χ0v) is 39.8. The minimum absolute atomic E-state index is 0.0135. The summed E-state index contributed by atoms with van der Waals surface area (Å²) < 4.78 is 22.0. The van der Waals surface area contributed by atoms with E-state index in [4.69, 9.17) is 35.5 Å². The van der Waals surface area contributed by atoms with Crippen LogP contribution in [0.15, 0.2) is 53.7 Å². The first kappa shape index (κ1) is 56.6. The molecule has 69 heavy (non-hydrogen) atoms. The third-order valence-electron chi connectivity index (χ3n) is 10.1. The van der Waals surface area contributed by atoms with E-state index in [1.54, 1.807) is 30.1 Å². The molecule has 0 aliphatic rings. The number of nitrogens with two attached hydrogens (primary N) is 2. The normalized spacial score (nSPS) is 12.5. The number of fused-ring (bicyclic) bond motifs is 1. The van der Waals surface area contributed by atoms with Crippen LogP contribution < -0.4 is 26.8 Å². The van der Waals surface area contributed by atoms with Crippen LogP contribution in [0.2, 0.25) is 0 Å². The summed E-state index contributed by atoms with van der Waals surface area (Å²) in [7, 11) is 4.13. The predicted molar refractivity (Wildman–Crippen MR) is 253 cm³/mol. The molecule has 0 aliphatic heterocycles. The van der Waals surface area contributed by atoms with E-state index in [0.29, 0.717) is 56.0 Å². The van der Waals surface area contributed by atoms with Gasteiger partial charge in [0.25, 0.3) is 19.4 Å². The van der Waals surface area contributed by atoms with Gasteiger partial charge in [0.1, 0.15) is 24.7 Å². The highest BCUT2D eigenvalue weighted by Crippen LogP contribution is 2.26. The summed E-state index contributed by atoms with van der Waals surface area (Å²) in [6.07, 6.45) is 1.17. The summed E-state index contributed by atoms with van der Waals surface area (Å²) in [6.45, 7) is 0.124. The molecule has 3 aromatic rings. The van der Waals surface area contributed by atoms with Crippen molar-refractivity contribution in [3.05, 3.63) is 54.4 Å². The highest BCUT2D eigenvalue weighted by molar-refractivity contribution is 8.76. The van der Waals surface area contributed by atoms with Gasteiger partial charge in [0.05, 0.1) is 29.3 Å². The van der Waals surface area contributed by atoms with Crippen LogP contribution in [0.1, 0.15) is 63.5 Å². The number of carboxylic acid groups (broad SMARTS) is 1. The Morgan fingerprint density at radius 2 is 1.58 bits per heavy atom. The number of aliphatic imine (C=N–C) groups is 1. The third kappa shape index (κ3) is 22.3. The molecule has 0 aliphatic carbocycles. The van der Waals surface area contributed by atoms with Crippen LogP contribution in [0.5, 0.6) is 5.75 Å². The summed E-state index contributed by atoms with van der Waals surface area (Å²) in [5, 5.41) is 23.7. The molecule has 0 bridgehead atoms. The average molecular weight is 1000 g/mol. The molecule has 1 aromatic heterocycles. The Labute approximate surface area is 405 Å². The van der Waals surface area contributed by atoms with E-state index in [9.17, 15) is 43.2 Å². The van der Waals surface area contributed by atoms with Gasteiger partial charge in [0.15, 0.2) is 18.0 Å². The molecule has 0 radical (unpaired) electrons. The summed E-state index contributed by atoms with van der Waals surface area (Å²) in [6, 6.07) is 11.6. The lowest BCUT2D eigenvalue weighted by Gasteiger charge is -2.24. The number of carbonyl (C=O) groups excluding carboxylic acids is 8. The van der Waals surface area contributed by atoms with Gasteiger partial charge >= 0.3 is 12.1 Å². The molecule has 3 amide bonds. The lowest BCUT2D eigenvalue weighted by Crippen LogP contribution is -2.48. The van der Waals surface area contributed by atoms with Crippen molar-refractivity contribution in [1.29, 1.82) is 0 Å². The summed E-state index contributed by atoms with van der Waals surface area (Å²) in [5.41, 5.74) is 11.5. The van der Waals surface area contributed by atoms with Crippen molar-refractivity contribution in [3.8, 4) is 5.75 Å². The second-order valence-corrected chi connectivity index (χ2v) is 18.1. The first-order chi connectivity index (χ1) is 33.2. The molecule has 2 aromatic carbocycles. The molecule has 0 fully saturated rings. The van der Waals surface area contributed by atoms with Crippen molar-refractivity contribution in [2.75, 3.05) is 44.9 Å². The minimum Gasteiger partial charge on any atom is -0.481 e. The number of hydrogen-bond acceptors (Lipinski definition) is 18. The molecule has 23 nitrogen and oxygen atoms in total. The van der Waals surface area contributed by atoms with Gasteiger partial charge in [-0.25, -0.2) is 4.79 Å². The first-order valence-corrected chi connectivity index (χ1v) is 24.4. The van der Waals surface area contributed by atoms with Gasteiger partial charge in [-0.2, -0.15) is 0 Å². The van der Waals surface area contributed by atoms with Gasteiger partial charge < -0.3 is 51.1 Å². The fourth-order valence-corrected chi connectivity index (χ4v) is 8.65. The van der Waals surface area contributed by atoms with E-state index >= 15 is 0 Å². The molecule has 7 N–H and O–H groups in total. The molecular formula is C44H59N9O14S2. The zero-order chi connectivity index (χ0) is 50.4. The lowest BCUT2D eigenvalue weighted by atomic mass is 9.94. The lowest BCUT2D eigenvalue weighted by molar-refractivity contribution is -0.142. The van der Waals surface area contributed by atoms with E-state index < -0.39 is 73.4 Å². The van der Waals surface area contributed by atoms with Crippen LogP contribution in [0.25, 0.3) is 10.8 Å². The second kappa shape index (κ2) is 32.1. The largest absolute Gasteiger partial charge is 0.481 e. The molecular weight excluding hydrogens is 943 g/mol.